The maximum Gasteiger partial charge on any atom is 0.315 e. The maximum atomic E-state index is 12.5. The number of carbonyl (C=O) groups is 1. The Morgan fingerprint density at radius 1 is 1.11 bits per heavy atom. The first kappa shape index (κ1) is 19.7. The summed E-state index contributed by atoms with van der Waals surface area (Å²) in [6.07, 6.45) is 2.14. The average Bonchev–Trinajstić information content (AvgIpc) is 3.45. The van der Waals surface area contributed by atoms with Crippen molar-refractivity contribution in [3.63, 3.8) is 0 Å². The van der Waals surface area contributed by atoms with E-state index in [1.807, 2.05) is 24.3 Å². The quantitative estimate of drug-likeness (QED) is 0.682. The van der Waals surface area contributed by atoms with Gasteiger partial charge in [-0.25, -0.2) is 18.4 Å². The number of amides is 2. The zero-order chi connectivity index (χ0) is 19.6. The van der Waals surface area contributed by atoms with Crippen LogP contribution >= 0.6 is 11.6 Å². The van der Waals surface area contributed by atoms with Gasteiger partial charge in [-0.1, -0.05) is 35.9 Å². The topological polar surface area (TPSA) is 101 Å². The van der Waals surface area contributed by atoms with Gasteiger partial charge in [0.15, 0.2) is 0 Å². The molecule has 4 N–H and O–H groups in total. The van der Waals surface area contributed by atoms with Crippen LogP contribution < -0.4 is 15.8 Å². The molecule has 0 radical (unpaired) electrons. The fourth-order valence-electron chi connectivity index (χ4n) is 3.00. The second-order valence-corrected chi connectivity index (χ2v) is 8.82. The number of nitrogens with one attached hydrogen (secondary N) is 2. The van der Waals surface area contributed by atoms with E-state index < -0.39 is 10.0 Å². The summed E-state index contributed by atoms with van der Waals surface area (Å²) >= 11 is 5.95. The predicted octanol–water partition coefficient (Wildman–Crippen LogP) is 3.50. The number of halogens is 1. The molecule has 1 aliphatic rings. The second-order valence-electron chi connectivity index (χ2n) is 6.82. The SMILES string of the molecule is CC(NC(=O)NC(c1ccc(Cl)cc1)C1CC1)c1cccc(S(N)(=O)=O)c1. The summed E-state index contributed by atoms with van der Waals surface area (Å²) in [7, 11) is -3.79. The molecule has 1 fully saturated rings. The third-order valence-electron chi connectivity index (χ3n) is 4.64. The van der Waals surface area contributed by atoms with Crippen LogP contribution in [0.15, 0.2) is 53.4 Å². The number of primary sulfonamides is 1. The number of hydrogen-bond donors (Lipinski definition) is 3. The minimum absolute atomic E-state index is 0.0195. The number of urea groups is 1. The fraction of sp³-hybridized carbons (Fsp3) is 0.316. The van der Waals surface area contributed by atoms with Crippen molar-refractivity contribution >= 4 is 27.7 Å². The van der Waals surface area contributed by atoms with E-state index in [0.29, 0.717) is 16.5 Å². The Kier molecular flexibility index (Phi) is 5.74. The highest BCUT2D eigenvalue weighted by Crippen LogP contribution is 2.41. The minimum Gasteiger partial charge on any atom is -0.332 e. The lowest BCUT2D eigenvalue weighted by molar-refractivity contribution is 0.232. The summed E-state index contributed by atoms with van der Waals surface area (Å²) < 4.78 is 23.0. The molecule has 0 heterocycles. The summed E-state index contributed by atoms with van der Waals surface area (Å²) in [6.45, 7) is 1.79. The number of nitrogens with two attached hydrogens (primary N) is 1. The standard InChI is InChI=1S/C19H22ClN3O3S/c1-12(15-3-2-4-17(11-15)27(21,25)26)22-19(24)23-18(13-5-6-13)14-7-9-16(20)10-8-14/h2-4,7-13,18H,5-6H2,1H3,(H2,21,25,26)(H2,22,23,24). The smallest absolute Gasteiger partial charge is 0.315 e. The van der Waals surface area contributed by atoms with Gasteiger partial charge < -0.3 is 10.6 Å². The first-order valence-electron chi connectivity index (χ1n) is 8.69. The van der Waals surface area contributed by atoms with Gasteiger partial charge in [0.25, 0.3) is 0 Å². The van der Waals surface area contributed by atoms with E-state index in [0.717, 1.165) is 18.4 Å². The highest BCUT2D eigenvalue weighted by molar-refractivity contribution is 7.89. The van der Waals surface area contributed by atoms with E-state index in [9.17, 15) is 13.2 Å². The van der Waals surface area contributed by atoms with E-state index in [2.05, 4.69) is 10.6 Å². The average molecular weight is 408 g/mol. The number of benzene rings is 2. The van der Waals surface area contributed by atoms with Gasteiger partial charge in [-0.15, -0.1) is 0 Å². The molecule has 2 atom stereocenters. The molecule has 2 unspecified atom stereocenters. The molecular weight excluding hydrogens is 386 g/mol. The zero-order valence-electron chi connectivity index (χ0n) is 14.9. The van der Waals surface area contributed by atoms with Gasteiger partial charge in [0, 0.05) is 5.02 Å². The fourth-order valence-corrected chi connectivity index (χ4v) is 3.69. The van der Waals surface area contributed by atoms with E-state index >= 15 is 0 Å². The molecule has 1 aliphatic carbocycles. The van der Waals surface area contributed by atoms with Crippen LogP contribution in [0, 0.1) is 5.92 Å². The lowest BCUT2D eigenvalue weighted by Gasteiger charge is -2.22. The van der Waals surface area contributed by atoms with Gasteiger partial charge in [0.1, 0.15) is 0 Å². The van der Waals surface area contributed by atoms with Crippen molar-refractivity contribution in [1.29, 1.82) is 0 Å². The van der Waals surface area contributed by atoms with Crippen LogP contribution in [0.1, 0.15) is 43.0 Å². The van der Waals surface area contributed by atoms with Gasteiger partial charge in [-0.2, -0.15) is 0 Å². The number of carbonyl (C=O) groups excluding carboxylic acids is 1. The van der Waals surface area contributed by atoms with Crippen molar-refractivity contribution in [2.45, 2.75) is 36.7 Å². The lowest BCUT2D eigenvalue weighted by Crippen LogP contribution is -2.40. The van der Waals surface area contributed by atoms with Crippen molar-refractivity contribution in [3.05, 3.63) is 64.7 Å². The van der Waals surface area contributed by atoms with Crippen LogP contribution in [0.25, 0.3) is 0 Å². The molecule has 0 aromatic heterocycles. The molecule has 2 amide bonds. The third kappa shape index (κ3) is 5.22. The van der Waals surface area contributed by atoms with Crippen molar-refractivity contribution in [3.8, 4) is 0 Å². The van der Waals surface area contributed by atoms with Gasteiger partial charge in [-0.05, 0) is 61.1 Å². The summed E-state index contributed by atoms with van der Waals surface area (Å²) in [5.74, 6) is 0.415. The molecule has 1 saturated carbocycles. The Morgan fingerprint density at radius 3 is 2.37 bits per heavy atom. The molecule has 0 aliphatic heterocycles. The minimum atomic E-state index is -3.79. The Balaban J connectivity index is 1.68. The normalized spacial score (nSPS) is 16.4. The zero-order valence-corrected chi connectivity index (χ0v) is 16.4. The van der Waals surface area contributed by atoms with Crippen molar-refractivity contribution in [2.75, 3.05) is 0 Å². The predicted molar refractivity (Wildman–Crippen MR) is 105 cm³/mol. The van der Waals surface area contributed by atoms with Crippen LogP contribution in [0.2, 0.25) is 5.02 Å². The molecule has 3 rings (SSSR count). The number of rotatable bonds is 6. The van der Waals surface area contributed by atoms with Crippen LogP contribution in [0.3, 0.4) is 0 Å². The van der Waals surface area contributed by atoms with Gasteiger partial charge in [0.2, 0.25) is 10.0 Å². The van der Waals surface area contributed by atoms with Crippen molar-refractivity contribution < 1.29 is 13.2 Å². The number of hydrogen-bond acceptors (Lipinski definition) is 3. The first-order valence-corrected chi connectivity index (χ1v) is 10.6. The van der Waals surface area contributed by atoms with Gasteiger partial charge in [-0.3, -0.25) is 0 Å². The van der Waals surface area contributed by atoms with E-state index in [1.54, 1.807) is 19.1 Å². The highest BCUT2D eigenvalue weighted by atomic mass is 35.5. The molecule has 8 heteroatoms. The molecule has 0 bridgehead atoms. The van der Waals surface area contributed by atoms with E-state index in [4.69, 9.17) is 16.7 Å². The van der Waals surface area contributed by atoms with Crippen LogP contribution in [-0.4, -0.2) is 14.4 Å². The monoisotopic (exact) mass is 407 g/mol. The molecule has 27 heavy (non-hydrogen) atoms. The summed E-state index contributed by atoms with van der Waals surface area (Å²) in [5.41, 5.74) is 1.67. The molecule has 144 valence electrons. The Hall–Kier alpha value is -2.09. The first-order chi connectivity index (χ1) is 12.7. The van der Waals surface area contributed by atoms with Gasteiger partial charge in [0.05, 0.1) is 17.0 Å². The van der Waals surface area contributed by atoms with Crippen LogP contribution in [-0.2, 0) is 10.0 Å². The van der Waals surface area contributed by atoms with Crippen LogP contribution in [0.5, 0.6) is 0 Å². The maximum absolute atomic E-state index is 12.5. The second kappa shape index (κ2) is 7.88. The summed E-state index contributed by atoms with van der Waals surface area (Å²) in [4.78, 5) is 12.5. The molecule has 0 spiro atoms. The summed E-state index contributed by atoms with van der Waals surface area (Å²) in [6, 6.07) is 12.9. The molecule has 2 aromatic rings. The number of sulfonamides is 1. The molecule has 2 aromatic carbocycles. The van der Waals surface area contributed by atoms with Crippen molar-refractivity contribution in [2.24, 2.45) is 11.1 Å². The Labute approximate surface area is 164 Å². The van der Waals surface area contributed by atoms with Crippen LogP contribution in [0.4, 0.5) is 4.79 Å². The molecular formula is C19H22ClN3O3S. The van der Waals surface area contributed by atoms with Gasteiger partial charge >= 0.3 is 6.03 Å². The molecule has 0 saturated heterocycles. The lowest BCUT2D eigenvalue weighted by atomic mass is 10.0. The summed E-state index contributed by atoms with van der Waals surface area (Å²) in [5, 5.41) is 11.7. The largest absolute Gasteiger partial charge is 0.332 e. The van der Waals surface area contributed by atoms with E-state index in [1.165, 1.54) is 12.1 Å². The van der Waals surface area contributed by atoms with E-state index in [-0.39, 0.29) is 23.0 Å². The Morgan fingerprint density at radius 2 is 1.78 bits per heavy atom. The third-order valence-corrected chi connectivity index (χ3v) is 5.81. The highest BCUT2D eigenvalue weighted by Gasteiger charge is 2.33. The molecule has 6 nitrogen and oxygen atoms in total. The Bertz CT molecular complexity index is 927. The van der Waals surface area contributed by atoms with Crippen molar-refractivity contribution in [1.82, 2.24) is 10.6 Å².